The van der Waals surface area contributed by atoms with Crippen LogP contribution in [-0.2, 0) is 16.4 Å². The van der Waals surface area contributed by atoms with Crippen molar-refractivity contribution < 1.29 is 8.42 Å². The predicted octanol–water partition coefficient (Wildman–Crippen LogP) is 0.316. The van der Waals surface area contributed by atoms with Crippen molar-refractivity contribution >= 4 is 21.8 Å². The third-order valence-electron chi connectivity index (χ3n) is 4.64. The first-order chi connectivity index (χ1) is 13.0. The van der Waals surface area contributed by atoms with Crippen LogP contribution in [0, 0.1) is 0 Å². The Kier molecular flexibility index (Phi) is 6.19. The second-order valence-electron chi connectivity index (χ2n) is 6.43. The molecule has 1 aliphatic rings. The number of nitrogens with two attached hydrogens (primary N) is 1. The summed E-state index contributed by atoms with van der Waals surface area (Å²) >= 11 is 0. The lowest BCUT2D eigenvalue weighted by molar-refractivity contribution is 0.270. The van der Waals surface area contributed by atoms with Crippen molar-refractivity contribution in [1.82, 2.24) is 20.1 Å². The van der Waals surface area contributed by atoms with Crippen LogP contribution in [0.25, 0.3) is 0 Å². The van der Waals surface area contributed by atoms with Gasteiger partial charge in [0.1, 0.15) is 0 Å². The predicted molar refractivity (Wildman–Crippen MR) is 104 cm³/mol. The summed E-state index contributed by atoms with van der Waals surface area (Å²) in [5.41, 5.74) is 0.995. The number of likely N-dealkylation sites (N-methyl/N-ethyl adjacent to an activating group) is 1. The summed E-state index contributed by atoms with van der Waals surface area (Å²) in [7, 11) is -3.66. The minimum absolute atomic E-state index is 0.114. The van der Waals surface area contributed by atoms with Gasteiger partial charge >= 0.3 is 0 Å². The number of sulfonamides is 1. The molecule has 1 aliphatic heterocycles. The van der Waals surface area contributed by atoms with E-state index in [-0.39, 0.29) is 4.90 Å². The Morgan fingerprint density at radius 1 is 1.15 bits per heavy atom. The van der Waals surface area contributed by atoms with Gasteiger partial charge in [-0.1, -0.05) is 19.1 Å². The van der Waals surface area contributed by atoms with Crippen LogP contribution in [0.3, 0.4) is 0 Å². The molecule has 146 valence electrons. The monoisotopic (exact) mass is 391 g/mol. The summed E-state index contributed by atoms with van der Waals surface area (Å²) in [6.45, 7) is 7.77. The second kappa shape index (κ2) is 8.59. The van der Waals surface area contributed by atoms with E-state index in [2.05, 4.69) is 37.2 Å². The van der Waals surface area contributed by atoms with Gasteiger partial charge in [-0.25, -0.2) is 13.6 Å². The molecule has 1 fully saturated rings. The fraction of sp³-hybridized carbons (Fsp3) is 0.471. The van der Waals surface area contributed by atoms with Crippen molar-refractivity contribution in [3.63, 3.8) is 0 Å². The molecule has 0 amide bonds. The average Bonchev–Trinajstić information content (AvgIpc) is 2.68. The summed E-state index contributed by atoms with van der Waals surface area (Å²) in [4.78, 5) is 9.29. The summed E-state index contributed by atoms with van der Waals surface area (Å²) in [6, 6.07) is 6.53. The number of nitrogens with zero attached hydrogens (tertiary/aromatic N) is 5. The molecule has 9 nitrogen and oxygen atoms in total. The minimum Gasteiger partial charge on any atom is -0.353 e. The van der Waals surface area contributed by atoms with Crippen LogP contribution in [0.5, 0.6) is 0 Å². The zero-order valence-corrected chi connectivity index (χ0v) is 16.2. The summed E-state index contributed by atoms with van der Waals surface area (Å²) in [6.07, 6.45) is 2.40. The first-order valence-electron chi connectivity index (χ1n) is 8.98. The lowest BCUT2D eigenvalue weighted by atomic mass is 10.1. The number of primary sulfonamides is 1. The first-order valence-corrected chi connectivity index (χ1v) is 10.5. The maximum atomic E-state index is 11.3. The Bertz CT molecular complexity index is 850. The number of hydrogen-bond acceptors (Lipinski definition) is 8. The fourth-order valence-corrected chi connectivity index (χ4v) is 3.50. The Hall–Kier alpha value is -2.30. The smallest absolute Gasteiger partial charge is 0.244 e. The van der Waals surface area contributed by atoms with Crippen LogP contribution in [0.1, 0.15) is 12.5 Å². The van der Waals surface area contributed by atoms with E-state index >= 15 is 0 Å². The highest BCUT2D eigenvalue weighted by Gasteiger charge is 2.17. The van der Waals surface area contributed by atoms with Gasteiger partial charge in [0.25, 0.3) is 0 Å². The van der Waals surface area contributed by atoms with Crippen LogP contribution >= 0.6 is 0 Å². The lowest BCUT2D eigenvalue weighted by Gasteiger charge is -2.34. The number of rotatable bonds is 7. The summed E-state index contributed by atoms with van der Waals surface area (Å²) in [5.74, 6) is 1.33. The van der Waals surface area contributed by atoms with Crippen molar-refractivity contribution in [1.29, 1.82) is 0 Å². The fourth-order valence-electron chi connectivity index (χ4n) is 2.98. The summed E-state index contributed by atoms with van der Waals surface area (Å²) < 4.78 is 22.6. The molecule has 1 aromatic carbocycles. The lowest BCUT2D eigenvalue weighted by Crippen LogP contribution is -2.46. The van der Waals surface area contributed by atoms with E-state index in [0.717, 1.165) is 44.1 Å². The van der Waals surface area contributed by atoms with Crippen LogP contribution < -0.4 is 15.4 Å². The van der Waals surface area contributed by atoms with Gasteiger partial charge in [0, 0.05) is 32.7 Å². The molecular formula is C17H25N7O2S. The second-order valence-corrected chi connectivity index (χ2v) is 7.99. The molecule has 0 atom stereocenters. The van der Waals surface area contributed by atoms with E-state index in [9.17, 15) is 8.42 Å². The number of nitrogens with one attached hydrogen (secondary N) is 1. The molecule has 2 aromatic rings. The molecule has 27 heavy (non-hydrogen) atoms. The zero-order valence-electron chi connectivity index (χ0n) is 15.4. The highest BCUT2D eigenvalue weighted by Crippen LogP contribution is 2.14. The molecule has 0 spiro atoms. The van der Waals surface area contributed by atoms with Crippen molar-refractivity contribution in [2.24, 2.45) is 5.14 Å². The summed E-state index contributed by atoms with van der Waals surface area (Å²) in [5, 5.41) is 16.4. The SMILES string of the molecule is CCN1CCN(c2cnnc(NCCc3ccc(S(N)(=O)=O)cc3)n2)CC1. The molecule has 3 N–H and O–H groups in total. The van der Waals surface area contributed by atoms with Crippen molar-refractivity contribution in [3.8, 4) is 0 Å². The standard InChI is InChI=1S/C17H25N7O2S/c1-2-23-9-11-24(12-10-23)16-13-20-22-17(21-16)19-8-7-14-3-5-15(6-4-14)27(18,25)26/h3-6,13H,2,7-12H2,1H3,(H2,18,25,26)(H,19,21,22). The molecule has 2 heterocycles. The average molecular weight is 392 g/mol. The first kappa shape index (κ1) is 19.5. The number of benzene rings is 1. The molecule has 3 rings (SSSR count). The van der Waals surface area contributed by atoms with Crippen LogP contribution in [0.2, 0.25) is 0 Å². The van der Waals surface area contributed by atoms with E-state index in [1.54, 1.807) is 18.3 Å². The molecule has 0 radical (unpaired) electrons. The van der Waals surface area contributed by atoms with Crippen molar-refractivity contribution in [3.05, 3.63) is 36.0 Å². The zero-order chi connectivity index (χ0) is 19.3. The largest absolute Gasteiger partial charge is 0.353 e. The number of piperazine rings is 1. The quantitative estimate of drug-likeness (QED) is 0.693. The molecule has 1 saturated heterocycles. The Morgan fingerprint density at radius 2 is 1.85 bits per heavy atom. The van der Waals surface area contributed by atoms with Crippen LogP contribution in [0.15, 0.2) is 35.4 Å². The topological polar surface area (TPSA) is 117 Å². The normalized spacial score (nSPS) is 15.7. The van der Waals surface area contributed by atoms with Crippen LogP contribution in [-0.4, -0.2) is 67.8 Å². The highest BCUT2D eigenvalue weighted by atomic mass is 32.2. The third kappa shape index (κ3) is 5.34. The van der Waals surface area contributed by atoms with Crippen molar-refractivity contribution in [2.45, 2.75) is 18.2 Å². The van der Waals surface area contributed by atoms with Gasteiger partial charge in [-0.15, -0.1) is 5.10 Å². The number of aromatic nitrogens is 3. The van der Waals surface area contributed by atoms with Gasteiger partial charge in [0.05, 0.1) is 11.1 Å². The minimum atomic E-state index is -3.66. The molecule has 0 saturated carbocycles. The van der Waals surface area contributed by atoms with E-state index in [1.807, 2.05) is 0 Å². The molecule has 1 aromatic heterocycles. The maximum Gasteiger partial charge on any atom is 0.244 e. The van der Waals surface area contributed by atoms with Gasteiger partial charge in [0.2, 0.25) is 16.0 Å². The number of anilines is 2. The van der Waals surface area contributed by atoms with E-state index in [0.29, 0.717) is 18.9 Å². The van der Waals surface area contributed by atoms with Gasteiger partial charge in [-0.3, -0.25) is 0 Å². The van der Waals surface area contributed by atoms with E-state index < -0.39 is 10.0 Å². The van der Waals surface area contributed by atoms with E-state index in [4.69, 9.17) is 5.14 Å². The Labute approximate surface area is 159 Å². The molecule has 10 heteroatoms. The van der Waals surface area contributed by atoms with E-state index in [1.165, 1.54) is 12.1 Å². The third-order valence-corrected chi connectivity index (χ3v) is 5.57. The number of hydrogen-bond donors (Lipinski definition) is 2. The Balaban J connectivity index is 1.53. The Morgan fingerprint density at radius 3 is 2.48 bits per heavy atom. The van der Waals surface area contributed by atoms with Crippen molar-refractivity contribution in [2.75, 3.05) is 49.5 Å². The molecule has 0 aliphatic carbocycles. The van der Waals surface area contributed by atoms with Gasteiger partial charge in [-0.05, 0) is 30.7 Å². The maximum absolute atomic E-state index is 11.3. The van der Waals surface area contributed by atoms with Gasteiger partial charge < -0.3 is 15.1 Å². The molecule has 0 bridgehead atoms. The molecular weight excluding hydrogens is 366 g/mol. The van der Waals surface area contributed by atoms with Gasteiger partial charge in [-0.2, -0.15) is 10.1 Å². The van der Waals surface area contributed by atoms with Crippen LogP contribution in [0.4, 0.5) is 11.8 Å². The van der Waals surface area contributed by atoms with Gasteiger partial charge in [0.15, 0.2) is 5.82 Å². The highest BCUT2D eigenvalue weighted by molar-refractivity contribution is 7.89. The molecule has 0 unspecified atom stereocenters.